The summed E-state index contributed by atoms with van der Waals surface area (Å²) < 4.78 is 1.84. The molecule has 0 saturated carbocycles. The van der Waals surface area contributed by atoms with E-state index in [1.165, 1.54) is 0 Å². The Morgan fingerprint density at radius 2 is 1.70 bits per heavy atom. The Labute approximate surface area is 116 Å². The van der Waals surface area contributed by atoms with Crippen molar-refractivity contribution >= 4 is 16.6 Å². The normalized spacial score (nSPS) is 21.0. The summed E-state index contributed by atoms with van der Waals surface area (Å²) in [5, 5.41) is 16.7. The van der Waals surface area contributed by atoms with Gasteiger partial charge in [-0.1, -0.05) is 48.5 Å². The fourth-order valence-corrected chi connectivity index (χ4v) is 2.85. The summed E-state index contributed by atoms with van der Waals surface area (Å²) >= 11 is 0. The van der Waals surface area contributed by atoms with Crippen LogP contribution in [0.2, 0.25) is 0 Å². The molecule has 3 heteroatoms. The lowest BCUT2D eigenvalue weighted by atomic mass is 9.92. The SMILES string of the molecule is CC1(O)C(c2ccccc2)=Nn2c1cc1ccccc12. The van der Waals surface area contributed by atoms with Crippen molar-refractivity contribution in [2.45, 2.75) is 12.5 Å². The van der Waals surface area contributed by atoms with Crippen molar-refractivity contribution in [3.8, 4) is 0 Å². The summed E-state index contributed by atoms with van der Waals surface area (Å²) in [7, 11) is 0. The molecule has 0 spiro atoms. The second-order valence-corrected chi connectivity index (χ2v) is 5.29. The summed E-state index contributed by atoms with van der Waals surface area (Å²) in [6.07, 6.45) is 0. The van der Waals surface area contributed by atoms with Crippen molar-refractivity contribution in [3.63, 3.8) is 0 Å². The van der Waals surface area contributed by atoms with Crippen LogP contribution in [-0.2, 0) is 5.60 Å². The highest BCUT2D eigenvalue weighted by molar-refractivity contribution is 6.09. The van der Waals surface area contributed by atoms with Gasteiger partial charge in [-0.05, 0) is 19.1 Å². The van der Waals surface area contributed by atoms with Gasteiger partial charge in [-0.15, -0.1) is 0 Å². The summed E-state index contributed by atoms with van der Waals surface area (Å²) in [5.41, 5.74) is 2.41. The molecule has 1 unspecified atom stereocenters. The molecular formula is C17H14N2O. The minimum absolute atomic E-state index is 0.693. The molecule has 2 heterocycles. The van der Waals surface area contributed by atoms with E-state index in [-0.39, 0.29) is 0 Å². The van der Waals surface area contributed by atoms with Crippen LogP contribution in [0.5, 0.6) is 0 Å². The number of hydrogen-bond acceptors (Lipinski definition) is 2. The summed E-state index contributed by atoms with van der Waals surface area (Å²) in [6, 6.07) is 19.9. The minimum atomic E-state index is -1.07. The van der Waals surface area contributed by atoms with Crippen LogP contribution in [0, 0.1) is 0 Å². The van der Waals surface area contributed by atoms with Crippen molar-refractivity contribution in [1.82, 2.24) is 4.68 Å². The Balaban J connectivity index is 1.99. The maximum Gasteiger partial charge on any atom is 0.148 e. The molecule has 1 atom stereocenters. The zero-order chi connectivity index (χ0) is 13.7. The molecule has 2 aromatic carbocycles. The Morgan fingerprint density at radius 1 is 1.00 bits per heavy atom. The molecule has 0 saturated heterocycles. The molecule has 98 valence electrons. The predicted molar refractivity (Wildman–Crippen MR) is 79.9 cm³/mol. The number of hydrogen-bond donors (Lipinski definition) is 1. The van der Waals surface area contributed by atoms with Gasteiger partial charge in [0.05, 0.1) is 11.2 Å². The van der Waals surface area contributed by atoms with E-state index in [9.17, 15) is 5.11 Å². The molecule has 0 amide bonds. The molecule has 1 N–H and O–H groups in total. The van der Waals surface area contributed by atoms with Gasteiger partial charge in [-0.3, -0.25) is 0 Å². The first-order valence-corrected chi connectivity index (χ1v) is 6.66. The molecule has 1 aliphatic heterocycles. The lowest BCUT2D eigenvalue weighted by Gasteiger charge is -2.18. The van der Waals surface area contributed by atoms with Crippen LogP contribution in [0.25, 0.3) is 10.9 Å². The molecule has 0 bridgehead atoms. The van der Waals surface area contributed by atoms with Crippen molar-refractivity contribution in [1.29, 1.82) is 0 Å². The van der Waals surface area contributed by atoms with E-state index in [0.717, 1.165) is 22.2 Å². The second-order valence-electron chi connectivity index (χ2n) is 5.29. The van der Waals surface area contributed by atoms with Gasteiger partial charge < -0.3 is 5.11 Å². The predicted octanol–water partition coefficient (Wildman–Crippen LogP) is 3.11. The summed E-state index contributed by atoms with van der Waals surface area (Å²) in [5.74, 6) is 0. The van der Waals surface area contributed by atoms with E-state index >= 15 is 0 Å². The number of rotatable bonds is 1. The number of nitrogens with zero attached hydrogens (tertiary/aromatic N) is 2. The van der Waals surface area contributed by atoms with Crippen LogP contribution >= 0.6 is 0 Å². The van der Waals surface area contributed by atoms with Gasteiger partial charge >= 0.3 is 0 Å². The molecule has 3 nitrogen and oxygen atoms in total. The minimum Gasteiger partial charge on any atom is -0.377 e. The third-order valence-corrected chi connectivity index (χ3v) is 3.89. The lowest BCUT2D eigenvalue weighted by molar-refractivity contribution is 0.133. The monoisotopic (exact) mass is 262 g/mol. The first-order chi connectivity index (χ1) is 9.68. The maximum atomic E-state index is 10.9. The number of aliphatic hydroxyl groups is 1. The largest absolute Gasteiger partial charge is 0.377 e. The highest BCUT2D eigenvalue weighted by atomic mass is 16.3. The highest BCUT2D eigenvalue weighted by Gasteiger charge is 2.39. The Kier molecular flexibility index (Phi) is 2.18. The molecule has 3 aromatic rings. The fourth-order valence-electron chi connectivity index (χ4n) is 2.85. The van der Waals surface area contributed by atoms with Crippen LogP contribution in [0.3, 0.4) is 0 Å². The highest BCUT2D eigenvalue weighted by Crippen LogP contribution is 2.36. The van der Waals surface area contributed by atoms with E-state index in [0.29, 0.717) is 5.71 Å². The maximum absolute atomic E-state index is 10.9. The smallest absolute Gasteiger partial charge is 0.148 e. The zero-order valence-electron chi connectivity index (χ0n) is 11.1. The van der Waals surface area contributed by atoms with E-state index in [4.69, 9.17) is 0 Å². The van der Waals surface area contributed by atoms with Crippen molar-refractivity contribution in [2.75, 3.05) is 0 Å². The van der Waals surface area contributed by atoms with Gasteiger partial charge in [0.15, 0.2) is 0 Å². The number of para-hydroxylation sites is 1. The molecule has 20 heavy (non-hydrogen) atoms. The van der Waals surface area contributed by atoms with Gasteiger partial charge in [-0.25, -0.2) is 4.68 Å². The van der Waals surface area contributed by atoms with Crippen molar-refractivity contribution in [3.05, 3.63) is 71.9 Å². The number of benzene rings is 2. The molecule has 0 radical (unpaired) electrons. The van der Waals surface area contributed by atoms with E-state index in [1.807, 2.05) is 65.3 Å². The average molecular weight is 262 g/mol. The first kappa shape index (κ1) is 11.4. The van der Waals surface area contributed by atoms with E-state index in [2.05, 4.69) is 5.10 Å². The molecule has 0 fully saturated rings. The molecule has 0 aliphatic carbocycles. The Morgan fingerprint density at radius 3 is 2.50 bits per heavy atom. The third kappa shape index (κ3) is 1.41. The Hall–Kier alpha value is -2.39. The van der Waals surface area contributed by atoms with Crippen LogP contribution in [0.1, 0.15) is 18.2 Å². The third-order valence-electron chi connectivity index (χ3n) is 3.89. The molecule has 1 aliphatic rings. The molecule has 4 rings (SSSR count). The first-order valence-electron chi connectivity index (χ1n) is 6.66. The quantitative estimate of drug-likeness (QED) is 0.719. The Bertz CT molecular complexity index is 829. The number of aromatic nitrogens is 1. The van der Waals surface area contributed by atoms with Gasteiger partial charge in [-0.2, -0.15) is 5.10 Å². The van der Waals surface area contributed by atoms with Crippen molar-refractivity contribution < 1.29 is 5.11 Å². The topological polar surface area (TPSA) is 37.5 Å². The van der Waals surface area contributed by atoms with E-state index in [1.54, 1.807) is 6.92 Å². The van der Waals surface area contributed by atoms with Gasteiger partial charge in [0.2, 0.25) is 0 Å². The fraction of sp³-hybridized carbons (Fsp3) is 0.118. The average Bonchev–Trinajstić information content (AvgIpc) is 2.96. The van der Waals surface area contributed by atoms with Gasteiger partial charge in [0.25, 0.3) is 0 Å². The standard InChI is InChI=1S/C17H14N2O/c1-17(20)15-11-13-9-5-6-10-14(13)19(15)18-16(17)12-7-3-2-4-8-12/h2-11,20H,1H3. The van der Waals surface area contributed by atoms with Crippen LogP contribution < -0.4 is 0 Å². The van der Waals surface area contributed by atoms with E-state index < -0.39 is 5.60 Å². The molecular weight excluding hydrogens is 248 g/mol. The van der Waals surface area contributed by atoms with Crippen LogP contribution in [0.4, 0.5) is 0 Å². The summed E-state index contributed by atoms with van der Waals surface area (Å²) in [4.78, 5) is 0. The second kappa shape index (κ2) is 3.81. The van der Waals surface area contributed by atoms with Crippen LogP contribution in [-0.4, -0.2) is 15.5 Å². The molecule has 1 aromatic heterocycles. The lowest BCUT2D eigenvalue weighted by Crippen LogP contribution is -2.29. The zero-order valence-corrected chi connectivity index (χ0v) is 11.1. The van der Waals surface area contributed by atoms with Crippen molar-refractivity contribution in [2.24, 2.45) is 5.10 Å². The van der Waals surface area contributed by atoms with Gasteiger partial charge in [0, 0.05) is 10.9 Å². The van der Waals surface area contributed by atoms with Crippen LogP contribution in [0.15, 0.2) is 65.8 Å². The summed E-state index contributed by atoms with van der Waals surface area (Å²) in [6.45, 7) is 1.80. The number of fused-ring (bicyclic) bond motifs is 3. The van der Waals surface area contributed by atoms with Gasteiger partial charge in [0.1, 0.15) is 11.3 Å².